The second-order valence-electron chi connectivity index (χ2n) is 4.69. The second-order valence-corrected chi connectivity index (χ2v) is 5.51. The average molecular weight is 324 g/mol. The van der Waals surface area contributed by atoms with Gasteiger partial charge in [0.15, 0.2) is 6.10 Å². The monoisotopic (exact) mass is 323 g/mol. The minimum absolute atomic E-state index is 0.255. The van der Waals surface area contributed by atoms with E-state index in [-0.39, 0.29) is 5.91 Å². The van der Waals surface area contributed by atoms with Crippen molar-refractivity contribution in [2.24, 2.45) is 0 Å². The Balaban J connectivity index is 2.00. The fourth-order valence-corrected chi connectivity index (χ4v) is 2.06. The number of rotatable bonds is 4. The molecule has 0 bridgehead atoms. The van der Waals surface area contributed by atoms with Crippen molar-refractivity contribution in [3.63, 3.8) is 0 Å². The molecule has 0 aliphatic carbocycles. The molecule has 0 saturated heterocycles. The van der Waals surface area contributed by atoms with Crippen LogP contribution in [0.2, 0.25) is 10.0 Å². The van der Waals surface area contributed by atoms with Crippen molar-refractivity contribution in [2.45, 2.75) is 20.0 Å². The van der Waals surface area contributed by atoms with Crippen LogP contribution in [0, 0.1) is 6.92 Å². The molecule has 0 saturated carbocycles. The minimum atomic E-state index is -0.624. The summed E-state index contributed by atoms with van der Waals surface area (Å²) in [6, 6.07) is 12.5. The SMILES string of the molecule is Cc1cccc(O[C@@H](C)C(=O)Nc2ccc(Cl)c(Cl)c2)c1. The number of nitrogens with one attached hydrogen (secondary N) is 1. The van der Waals surface area contributed by atoms with Gasteiger partial charge in [0.25, 0.3) is 5.91 Å². The van der Waals surface area contributed by atoms with Crippen molar-refractivity contribution in [1.82, 2.24) is 0 Å². The van der Waals surface area contributed by atoms with Crippen LogP contribution < -0.4 is 10.1 Å². The number of anilines is 1. The Labute approximate surface area is 133 Å². The maximum atomic E-state index is 12.1. The fourth-order valence-electron chi connectivity index (χ4n) is 1.76. The molecule has 0 unspecified atom stereocenters. The lowest BCUT2D eigenvalue weighted by Crippen LogP contribution is -2.30. The average Bonchev–Trinajstić information content (AvgIpc) is 2.43. The highest BCUT2D eigenvalue weighted by molar-refractivity contribution is 6.42. The van der Waals surface area contributed by atoms with Crippen LogP contribution in [0.1, 0.15) is 12.5 Å². The van der Waals surface area contributed by atoms with Crippen molar-refractivity contribution in [1.29, 1.82) is 0 Å². The molecule has 0 spiro atoms. The molecular formula is C16H15Cl2NO2. The summed E-state index contributed by atoms with van der Waals surface area (Å²) in [6.45, 7) is 3.66. The largest absolute Gasteiger partial charge is 0.481 e. The van der Waals surface area contributed by atoms with E-state index in [1.807, 2.05) is 31.2 Å². The maximum Gasteiger partial charge on any atom is 0.265 e. The minimum Gasteiger partial charge on any atom is -0.481 e. The van der Waals surface area contributed by atoms with Crippen molar-refractivity contribution in [3.8, 4) is 5.75 Å². The van der Waals surface area contributed by atoms with Crippen molar-refractivity contribution in [2.75, 3.05) is 5.32 Å². The summed E-state index contributed by atoms with van der Waals surface area (Å²) in [5.74, 6) is 0.404. The van der Waals surface area contributed by atoms with Crippen LogP contribution in [-0.2, 0) is 4.79 Å². The number of hydrogen-bond acceptors (Lipinski definition) is 2. The number of hydrogen-bond donors (Lipinski definition) is 1. The molecule has 0 heterocycles. The zero-order valence-corrected chi connectivity index (χ0v) is 13.2. The van der Waals surface area contributed by atoms with Crippen LogP contribution in [0.4, 0.5) is 5.69 Å². The van der Waals surface area contributed by atoms with E-state index in [0.29, 0.717) is 21.5 Å². The van der Waals surface area contributed by atoms with E-state index < -0.39 is 6.10 Å². The zero-order valence-electron chi connectivity index (χ0n) is 11.7. The predicted octanol–water partition coefficient (Wildman–Crippen LogP) is 4.71. The molecule has 0 aliphatic heterocycles. The van der Waals surface area contributed by atoms with Gasteiger partial charge in [0, 0.05) is 5.69 Å². The van der Waals surface area contributed by atoms with E-state index in [4.69, 9.17) is 27.9 Å². The molecule has 0 radical (unpaired) electrons. The van der Waals surface area contributed by atoms with Gasteiger partial charge in [0.1, 0.15) is 5.75 Å². The fraction of sp³-hybridized carbons (Fsp3) is 0.188. The van der Waals surface area contributed by atoms with E-state index in [2.05, 4.69) is 5.32 Å². The van der Waals surface area contributed by atoms with E-state index >= 15 is 0 Å². The predicted molar refractivity (Wildman–Crippen MR) is 86.4 cm³/mol. The summed E-state index contributed by atoms with van der Waals surface area (Å²) in [4.78, 5) is 12.1. The topological polar surface area (TPSA) is 38.3 Å². The molecular weight excluding hydrogens is 309 g/mol. The van der Waals surface area contributed by atoms with E-state index in [0.717, 1.165) is 5.56 Å². The molecule has 1 atom stereocenters. The van der Waals surface area contributed by atoms with Gasteiger partial charge in [-0.15, -0.1) is 0 Å². The lowest BCUT2D eigenvalue weighted by molar-refractivity contribution is -0.122. The number of amides is 1. The Kier molecular flexibility index (Phi) is 5.10. The van der Waals surface area contributed by atoms with Gasteiger partial charge < -0.3 is 10.1 Å². The molecule has 2 aromatic rings. The van der Waals surface area contributed by atoms with Gasteiger partial charge in [-0.1, -0.05) is 35.3 Å². The molecule has 110 valence electrons. The van der Waals surface area contributed by atoms with Gasteiger partial charge >= 0.3 is 0 Å². The number of halogens is 2. The Morgan fingerprint density at radius 1 is 1.14 bits per heavy atom. The summed E-state index contributed by atoms with van der Waals surface area (Å²) in [5, 5.41) is 3.57. The first-order valence-electron chi connectivity index (χ1n) is 6.45. The van der Waals surface area contributed by atoms with Gasteiger partial charge in [-0.25, -0.2) is 0 Å². The molecule has 2 aromatic carbocycles. The highest BCUT2D eigenvalue weighted by atomic mass is 35.5. The third-order valence-corrected chi connectivity index (χ3v) is 3.60. The summed E-state index contributed by atoms with van der Waals surface area (Å²) in [6.07, 6.45) is -0.624. The smallest absolute Gasteiger partial charge is 0.265 e. The quantitative estimate of drug-likeness (QED) is 0.885. The number of carbonyl (C=O) groups excluding carboxylic acids is 1. The maximum absolute atomic E-state index is 12.1. The standard InChI is InChI=1S/C16H15Cl2NO2/c1-10-4-3-5-13(8-10)21-11(2)16(20)19-12-6-7-14(17)15(18)9-12/h3-9,11H,1-2H3,(H,19,20)/t11-/m0/s1. The summed E-state index contributed by atoms with van der Waals surface area (Å²) >= 11 is 11.7. The third kappa shape index (κ3) is 4.38. The number of benzene rings is 2. The van der Waals surface area contributed by atoms with Gasteiger partial charge in [-0.2, -0.15) is 0 Å². The molecule has 5 heteroatoms. The van der Waals surface area contributed by atoms with Crippen LogP contribution in [0.25, 0.3) is 0 Å². The number of ether oxygens (including phenoxy) is 1. The van der Waals surface area contributed by atoms with E-state index in [9.17, 15) is 4.79 Å². The Morgan fingerprint density at radius 3 is 2.57 bits per heavy atom. The molecule has 0 aromatic heterocycles. The van der Waals surface area contributed by atoms with Crippen molar-refractivity contribution < 1.29 is 9.53 Å². The van der Waals surface area contributed by atoms with Crippen LogP contribution in [0.3, 0.4) is 0 Å². The molecule has 1 N–H and O–H groups in total. The van der Waals surface area contributed by atoms with Gasteiger partial charge in [0.2, 0.25) is 0 Å². The van der Waals surface area contributed by atoms with Crippen LogP contribution in [0.15, 0.2) is 42.5 Å². The van der Waals surface area contributed by atoms with E-state index in [1.165, 1.54) is 0 Å². The highest BCUT2D eigenvalue weighted by Gasteiger charge is 2.15. The molecule has 2 rings (SSSR count). The van der Waals surface area contributed by atoms with E-state index in [1.54, 1.807) is 25.1 Å². The first-order chi connectivity index (χ1) is 9.95. The Morgan fingerprint density at radius 2 is 1.90 bits per heavy atom. The van der Waals surface area contributed by atoms with Crippen LogP contribution >= 0.6 is 23.2 Å². The molecule has 3 nitrogen and oxygen atoms in total. The molecule has 1 amide bonds. The number of carbonyl (C=O) groups is 1. The normalized spacial score (nSPS) is 11.8. The van der Waals surface area contributed by atoms with Gasteiger partial charge in [-0.3, -0.25) is 4.79 Å². The number of aryl methyl sites for hydroxylation is 1. The van der Waals surface area contributed by atoms with Gasteiger partial charge in [0.05, 0.1) is 10.0 Å². The third-order valence-electron chi connectivity index (χ3n) is 2.86. The lowest BCUT2D eigenvalue weighted by Gasteiger charge is -2.15. The summed E-state index contributed by atoms with van der Waals surface area (Å²) in [5.41, 5.74) is 1.65. The first kappa shape index (κ1) is 15.7. The van der Waals surface area contributed by atoms with Gasteiger partial charge in [-0.05, 0) is 49.7 Å². The highest BCUT2D eigenvalue weighted by Crippen LogP contribution is 2.25. The molecule has 0 fully saturated rings. The molecule has 0 aliphatic rings. The van der Waals surface area contributed by atoms with Crippen LogP contribution in [0.5, 0.6) is 5.75 Å². The zero-order chi connectivity index (χ0) is 15.4. The van der Waals surface area contributed by atoms with Crippen molar-refractivity contribution >= 4 is 34.8 Å². The first-order valence-corrected chi connectivity index (χ1v) is 7.20. The lowest BCUT2D eigenvalue weighted by atomic mass is 10.2. The molecule has 21 heavy (non-hydrogen) atoms. The van der Waals surface area contributed by atoms with Crippen molar-refractivity contribution in [3.05, 3.63) is 58.1 Å². The Hall–Kier alpha value is -1.71. The van der Waals surface area contributed by atoms with Crippen LogP contribution in [-0.4, -0.2) is 12.0 Å². The Bertz CT molecular complexity index is 658. The summed E-state index contributed by atoms with van der Waals surface area (Å²) in [7, 11) is 0. The second kappa shape index (κ2) is 6.83. The summed E-state index contributed by atoms with van der Waals surface area (Å²) < 4.78 is 5.61.